The molecule has 0 atom stereocenters. The van der Waals surface area contributed by atoms with Crippen molar-refractivity contribution in [1.82, 2.24) is 9.66 Å². The van der Waals surface area contributed by atoms with Gasteiger partial charge in [0.25, 0.3) is 11.5 Å². The van der Waals surface area contributed by atoms with Crippen molar-refractivity contribution in [3.05, 3.63) is 98.0 Å². The zero-order chi connectivity index (χ0) is 24.8. The first kappa shape index (κ1) is 24.6. The molecular formula is C26H22BrClN4O3. The Kier molecular flexibility index (Phi) is 7.94. The molecular weight excluding hydrogens is 532 g/mol. The lowest BCUT2D eigenvalue weighted by Crippen LogP contribution is -2.22. The van der Waals surface area contributed by atoms with E-state index in [0.29, 0.717) is 45.2 Å². The normalized spacial score (nSPS) is 11.2. The Hall–Kier alpha value is -3.49. The van der Waals surface area contributed by atoms with E-state index in [1.165, 1.54) is 10.9 Å². The molecule has 1 N–H and O–H groups in total. The van der Waals surface area contributed by atoms with Crippen molar-refractivity contribution in [3.8, 4) is 5.75 Å². The number of rotatable bonds is 8. The van der Waals surface area contributed by atoms with Crippen LogP contribution in [0.15, 0.2) is 81.1 Å². The summed E-state index contributed by atoms with van der Waals surface area (Å²) in [6.45, 7) is 1.80. The maximum atomic E-state index is 13.2. The van der Waals surface area contributed by atoms with E-state index in [1.807, 2.05) is 31.2 Å². The minimum absolute atomic E-state index is 0.204. The molecule has 0 saturated heterocycles. The van der Waals surface area contributed by atoms with Crippen LogP contribution >= 0.6 is 27.5 Å². The van der Waals surface area contributed by atoms with Crippen LogP contribution < -0.4 is 15.6 Å². The number of aryl methyl sites for hydroxylation is 1. The van der Waals surface area contributed by atoms with E-state index in [4.69, 9.17) is 16.3 Å². The highest BCUT2D eigenvalue weighted by atomic mass is 79.9. The Bertz CT molecular complexity index is 1450. The minimum Gasteiger partial charge on any atom is -0.483 e. The van der Waals surface area contributed by atoms with E-state index in [1.54, 1.807) is 42.5 Å². The molecule has 0 radical (unpaired) electrons. The number of para-hydroxylation sites is 1. The lowest BCUT2D eigenvalue weighted by Gasteiger charge is -2.11. The summed E-state index contributed by atoms with van der Waals surface area (Å²) in [5.74, 6) is 0.651. The van der Waals surface area contributed by atoms with Crippen LogP contribution in [-0.2, 0) is 11.2 Å². The monoisotopic (exact) mass is 552 g/mol. The van der Waals surface area contributed by atoms with Gasteiger partial charge in [0, 0.05) is 27.2 Å². The van der Waals surface area contributed by atoms with Crippen LogP contribution in [0.3, 0.4) is 0 Å². The first-order chi connectivity index (χ1) is 16.9. The highest BCUT2D eigenvalue weighted by Crippen LogP contribution is 2.22. The third-order valence-corrected chi connectivity index (χ3v) is 5.78. The number of amides is 1. The van der Waals surface area contributed by atoms with Crippen molar-refractivity contribution in [2.75, 3.05) is 11.9 Å². The lowest BCUT2D eigenvalue weighted by atomic mass is 10.2. The number of carbonyl (C=O) groups is 1. The molecule has 35 heavy (non-hydrogen) atoms. The summed E-state index contributed by atoms with van der Waals surface area (Å²) >= 11 is 9.60. The summed E-state index contributed by atoms with van der Waals surface area (Å²) in [5, 5.41) is 8.13. The van der Waals surface area contributed by atoms with Crippen LogP contribution in [0.2, 0.25) is 5.02 Å². The predicted molar refractivity (Wildman–Crippen MR) is 143 cm³/mol. The second kappa shape index (κ2) is 11.3. The van der Waals surface area contributed by atoms with Crippen molar-refractivity contribution in [2.24, 2.45) is 5.10 Å². The summed E-state index contributed by atoms with van der Waals surface area (Å²) in [6, 6.07) is 19.5. The van der Waals surface area contributed by atoms with Crippen molar-refractivity contribution in [3.63, 3.8) is 0 Å². The lowest BCUT2D eigenvalue weighted by molar-refractivity contribution is -0.118. The molecule has 0 aliphatic heterocycles. The Labute approximate surface area is 215 Å². The Morgan fingerprint density at radius 2 is 1.97 bits per heavy atom. The van der Waals surface area contributed by atoms with Gasteiger partial charge in [-0.05, 0) is 55.0 Å². The standard InChI is InChI=1S/C26H22BrClN4O3/c1-2-6-24-31-22-11-9-18(27)14-21(22)26(34)32(24)29-15-17-13-19(28)10-12-23(17)35-16-25(33)30-20-7-4-3-5-8-20/h3-5,7-15H,2,6,16H2,1H3,(H,30,33). The largest absolute Gasteiger partial charge is 0.483 e. The second-order valence-electron chi connectivity index (χ2n) is 7.69. The summed E-state index contributed by atoms with van der Waals surface area (Å²) in [7, 11) is 0. The molecule has 0 aliphatic carbocycles. The summed E-state index contributed by atoms with van der Waals surface area (Å²) in [5.41, 5.74) is 1.54. The van der Waals surface area contributed by atoms with Gasteiger partial charge in [0.2, 0.25) is 0 Å². The quantitative estimate of drug-likeness (QED) is 0.285. The zero-order valence-corrected chi connectivity index (χ0v) is 21.2. The maximum Gasteiger partial charge on any atom is 0.282 e. The van der Waals surface area contributed by atoms with Crippen LogP contribution in [-0.4, -0.2) is 28.4 Å². The molecule has 3 aromatic carbocycles. The van der Waals surface area contributed by atoms with Gasteiger partial charge in [0.15, 0.2) is 6.61 Å². The third-order valence-electron chi connectivity index (χ3n) is 5.05. The number of hydrogen-bond acceptors (Lipinski definition) is 5. The highest BCUT2D eigenvalue weighted by molar-refractivity contribution is 9.10. The van der Waals surface area contributed by atoms with Crippen molar-refractivity contribution in [1.29, 1.82) is 0 Å². The number of carbonyl (C=O) groups excluding carboxylic acids is 1. The van der Waals surface area contributed by atoms with Gasteiger partial charge < -0.3 is 10.1 Å². The molecule has 1 aromatic heterocycles. The number of fused-ring (bicyclic) bond motifs is 1. The van der Waals surface area contributed by atoms with Gasteiger partial charge in [-0.25, -0.2) is 4.98 Å². The van der Waals surface area contributed by atoms with E-state index >= 15 is 0 Å². The Morgan fingerprint density at radius 1 is 1.17 bits per heavy atom. The Morgan fingerprint density at radius 3 is 2.74 bits per heavy atom. The molecule has 4 rings (SSSR count). The number of benzene rings is 3. The van der Waals surface area contributed by atoms with Gasteiger partial charge in [-0.1, -0.05) is 52.7 Å². The fraction of sp³-hybridized carbons (Fsp3) is 0.154. The molecule has 1 amide bonds. The van der Waals surface area contributed by atoms with Gasteiger partial charge in [-0.2, -0.15) is 9.78 Å². The molecule has 178 valence electrons. The van der Waals surface area contributed by atoms with E-state index in [2.05, 4.69) is 31.3 Å². The van der Waals surface area contributed by atoms with Gasteiger partial charge in [0.1, 0.15) is 11.6 Å². The summed E-state index contributed by atoms with van der Waals surface area (Å²) in [6.07, 6.45) is 2.87. The number of nitrogens with one attached hydrogen (secondary N) is 1. The number of nitrogens with zero attached hydrogens (tertiary/aromatic N) is 3. The fourth-order valence-corrected chi connectivity index (χ4v) is 3.97. The first-order valence-corrected chi connectivity index (χ1v) is 12.1. The number of aromatic nitrogens is 2. The number of hydrogen-bond donors (Lipinski definition) is 1. The molecule has 0 bridgehead atoms. The SMILES string of the molecule is CCCc1nc2ccc(Br)cc2c(=O)n1N=Cc1cc(Cl)ccc1OCC(=O)Nc1ccccc1. The van der Waals surface area contributed by atoms with Crippen LogP contribution in [0, 0.1) is 0 Å². The topological polar surface area (TPSA) is 85.6 Å². The molecule has 0 fully saturated rings. The van der Waals surface area contributed by atoms with E-state index in [9.17, 15) is 9.59 Å². The first-order valence-electron chi connectivity index (χ1n) is 11.0. The van der Waals surface area contributed by atoms with Crippen molar-refractivity contribution < 1.29 is 9.53 Å². The van der Waals surface area contributed by atoms with Crippen molar-refractivity contribution >= 4 is 56.2 Å². The van der Waals surface area contributed by atoms with Gasteiger partial charge in [-0.3, -0.25) is 9.59 Å². The average molecular weight is 554 g/mol. The molecule has 0 aliphatic rings. The summed E-state index contributed by atoms with van der Waals surface area (Å²) in [4.78, 5) is 30.2. The van der Waals surface area contributed by atoms with E-state index in [-0.39, 0.29) is 18.1 Å². The smallest absolute Gasteiger partial charge is 0.282 e. The number of ether oxygens (including phenoxy) is 1. The van der Waals surface area contributed by atoms with Crippen LogP contribution in [0.4, 0.5) is 5.69 Å². The van der Waals surface area contributed by atoms with Crippen LogP contribution in [0.5, 0.6) is 5.75 Å². The highest BCUT2D eigenvalue weighted by Gasteiger charge is 2.12. The van der Waals surface area contributed by atoms with Gasteiger partial charge in [-0.15, -0.1) is 0 Å². The molecule has 4 aromatic rings. The average Bonchev–Trinajstić information content (AvgIpc) is 2.84. The summed E-state index contributed by atoms with van der Waals surface area (Å²) < 4.78 is 7.81. The minimum atomic E-state index is -0.306. The van der Waals surface area contributed by atoms with Crippen LogP contribution in [0.1, 0.15) is 24.7 Å². The number of halogens is 2. The molecule has 0 saturated carbocycles. The Balaban J connectivity index is 1.62. The molecule has 1 heterocycles. The molecule has 7 nitrogen and oxygen atoms in total. The molecule has 0 spiro atoms. The van der Waals surface area contributed by atoms with E-state index < -0.39 is 0 Å². The molecule has 0 unspecified atom stereocenters. The zero-order valence-electron chi connectivity index (χ0n) is 18.9. The van der Waals surface area contributed by atoms with E-state index in [0.717, 1.165) is 10.9 Å². The van der Waals surface area contributed by atoms with Gasteiger partial charge in [0.05, 0.1) is 17.1 Å². The molecule has 9 heteroatoms. The van der Waals surface area contributed by atoms with Crippen LogP contribution in [0.25, 0.3) is 10.9 Å². The van der Waals surface area contributed by atoms with Gasteiger partial charge >= 0.3 is 0 Å². The fourth-order valence-electron chi connectivity index (χ4n) is 3.43. The number of anilines is 1. The second-order valence-corrected chi connectivity index (χ2v) is 9.04. The van der Waals surface area contributed by atoms with Crippen molar-refractivity contribution in [2.45, 2.75) is 19.8 Å². The predicted octanol–water partition coefficient (Wildman–Crippen LogP) is 5.66. The third kappa shape index (κ3) is 6.15. The maximum absolute atomic E-state index is 13.2.